The quantitative estimate of drug-likeness (QED) is 0.0447. The minimum absolute atomic E-state index is 0.00787. The number of thiophene rings is 3. The summed E-state index contributed by atoms with van der Waals surface area (Å²) in [5.74, 6) is -2.21. The zero-order chi connectivity index (χ0) is 67.6. The highest BCUT2D eigenvalue weighted by atomic mass is 32.1. The molecule has 0 unspecified atom stereocenters. The Balaban J connectivity index is 1.02. The van der Waals surface area contributed by atoms with Crippen molar-refractivity contribution in [2.24, 2.45) is 0 Å². The number of benzene rings is 3. The molecule has 9 aromatic rings. The summed E-state index contributed by atoms with van der Waals surface area (Å²) >= 11 is 2.90. The molecule has 0 bridgehead atoms. The Kier molecular flexibility index (Phi) is 19.5. The smallest absolute Gasteiger partial charge is 0.418 e. The lowest BCUT2D eigenvalue weighted by atomic mass is 10.2. The van der Waals surface area contributed by atoms with Crippen LogP contribution in [0.3, 0.4) is 0 Å². The van der Waals surface area contributed by atoms with Crippen molar-refractivity contribution in [3.05, 3.63) is 137 Å². The van der Waals surface area contributed by atoms with Gasteiger partial charge in [-0.1, -0.05) is 0 Å². The van der Waals surface area contributed by atoms with Crippen molar-refractivity contribution in [2.45, 2.75) is 93.0 Å². The maximum absolute atomic E-state index is 15.0. The van der Waals surface area contributed by atoms with Crippen LogP contribution in [0.25, 0.3) is 49.4 Å². The molecule has 0 aliphatic heterocycles. The number of ether oxygens (including phenoxy) is 8. The van der Waals surface area contributed by atoms with E-state index in [1.54, 1.807) is 100 Å². The van der Waals surface area contributed by atoms with Crippen molar-refractivity contribution < 1.29 is 71.8 Å². The molecule has 0 aliphatic carbocycles. The number of nitrogens with zero attached hydrogens (tertiary/aromatic N) is 9. The zero-order valence-electron chi connectivity index (χ0n) is 52.8. The minimum atomic E-state index is -1.41. The summed E-state index contributed by atoms with van der Waals surface area (Å²) in [4.78, 5) is 128. The molecule has 0 fully saturated rings. The van der Waals surface area contributed by atoms with Crippen LogP contribution in [-0.2, 0) is 23.7 Å². The molecule has 6 aromatic heterocycles. The molecule has 3 amide bonds. The van der Waals surface area contributed by atoms with E-state index in [9.17, 15) is 48.3 Å². The van der Waals surface area contributed by atoms with E-state index in [4.69, 9.17) is 37.9 Å². The molecule has 0 aliphatic rings. The molecular formula is C63H65N9O18S3. The number of carboxylic acids is 1. The highest BCUT2D eigenvalue weighted by Crippen LogP contribution is 2.38. The fraction of sp³-hybridized carbons (Fsp3) is 0.333. The lowest BCUT2D eigenvalue weighted by Gasteiger charge is -2.27. The molecule has 0 spiro atoms. The van der Waals surface area contributed by atoms with Gasteiger partial charge in [0.2, 0.25) is 0 Å². The summed E-state index contributed by atoms with van der Waals surface area (Å²) < 4.78 is 48.4. The Morgan fingerprint density at radius 2 is 0.849 bits per heavy atom. The number of methoxy groups -OCH3 is 1. The SMILES string of the molecule is CCOC(=O)c1nn(-c2ccc(OCN(C(=O)OC(C)(C)C)c3scc4c(C(=O)OCC)nn(-c5ccc(OC)cc5)c(=O)c34)cc2)c(=O)c2c(N(CCOc3ccc(-n4nc(C(=O)O)c5csc(N(C)C(=O)OC(C)(C)C)c5c4=O)cc3)C(=O)OC(C)(C)C)scc12. The van der Waals surface area contributed by atoms with Crippen LogP contribution in [0.15, 0.2) is 103 Å². The summed E-state index contributed by atoms with van der Waals surface area (Å²) in [6, 6.07) is 18.2. The first kappa shape index (κ1) is 67.2. The first-order chi connectivity index (χ1) is 43.9. The normalized spacial score (nSPS) is 11.7. The van der Waals surface area contributed by atoms with Gasteiger partial charge in [-0.3, -0.25) is 24.2 Å². The van der Waals surface area contributed by atoms with Gasteiger partial charge in [-0.2, -0.15) is 29.3 Å². The number of esters is 2. The molecule has 9 rings (SSSR count). The number of hydrogen-bond acceptors (Lipinski definition) is 23. The summed E-state index contributed by atoms with van der Waals surface area (Å²) in [5, 5.41) is 27.9. The number of aromatic carboxylic acids is 1. The average molecular weight is 1330 g/mol. The predicted molar refractivity (Wildman–Crippen MR) is 349 cm³/mol. The van der Waals surface area contributed by atoms with E-state index in [2.05, 4.69) is 15.3 Å². The van der Waals surface area contributed by atoms with E-state index < -0.39 is 82.1 Å². The third kappa shape index (κ3) is 14.6. The van der Waals surface area contributed by atoms with Crippen LogP contribution in [0.4, 0.5) is 29.4 Å². The van der Waals surface area contributed by atoms with E-state index in [1.165, 1.54) is 83.7 Å². The van der Waals surface area contributed by atoms with Gasteiger partial charge in [0.15, 0.2) is 23.8 Å². The first-order valence-electron chi connectivity index (χ1n) is 28.7. The second kappa shape index (κ2) is 26.9. The number of carboxylic acid groups (broad SMARTS) is 1. The molecular weight excluding hydrogens is 1270 g/mol. The van der Waals surface area contributed by atoms with E-state index in [-0.39, 0.29) is 114 Å². The standard InChI is InChI=1S/C63H65N9O18S3/c1-14-84-56(78)47-41-31-92-53(68(59(81)89-62(6,7)8)28-29-86-38-24-18-35(19-25-38)70-49(73)43-40(46(64-70)55(76)77)30-91-52(43)67(12)58(80)88-61(3,4)5)44(41)50(74)72(65-47)36-20-26-39(27-21-36)87-33-69(60(82)90-63(9,10)11)54-45-42(32-93-54)48(57(79)85-15-2)66-71(51(45)75)34-16-22-37(83-13)23-17-34/h16-27,30-32H,14-15,28-29,33H2,1-13H3,(H,76,77). The number of fused-ring (bicyclic) bond motifs is 3. The van der Waals surface area contributed by atoms with E-state index >= 15 is 0 Å². The molecule has 27 nitrogen and oxygen atoms in total. The van der Waals surface area contributed by atoms with E-state index in [0.717, 1.165) is 57.9 Å². The monoisotopic (exact) mass is 1330 g/mol. The second-order valence-electron chi connectivity index (χ2n) is 23.3. The Morgan fingerprint density at radius 3 is 1.26 bits per heavy atom. The van der Waals surface area contributed by atoms with Gasteiger partial charge in [-0.25, -0.2) is 33.7 Å². The lowest BCUT2D eigenvalue weighted by Crippen LogP contribution is -2.39. The second-order valence-corrected chi connectivity index (χ2v) is 25.9. The predicted octanol–water partition coefficient (Wildman–Crippen LogP) is 11.0. The maximum Gasteiger partial charge on any atom is 0.418 e. The fourth-order valence-corrected chi connectivity index (χ4v) is 12.2. The van der Waals surface area contributed by atoms with Crippen molar-refractivity contribution in [1.82, 2.24) is 29.3 Å². The molecule has 488 valence electrons. The number of carbonyl (C=O) groups excluding carboxylic acids is 5. The Morgan fingerprint density at radius 1 is 0.495 bits per heavy atom. The summed E-state index contributed by atoms with van der Waals surface area (Å²) in [6.45, 7) is 17.2. The van der Waals surface area contributed by atoms with Gasteiger partial charge in [-0.05, 0) is 149 Å². The topological polar surface area (TPSA) is 311 Å². The van der Waals surface area contributed by atoms with Gasteiger partial charge in [-0.15, -0.1) is 34.0 Å². The van der Waals surface area contributed by atoms with E-state index in [0.29, 0.717) is 5.75 Å². The largest absolute Gasteiger partial charge is 0.497 e. The summed E-state index contributed by atoms with van der Waals surface area (Å²) in [5.41, 5.74) is -5.39. The first-order valence-corrected chi connectivity index (χ1v) is 31.4. The van der Waals surface area contributed by atoms with Crippen molar-refractivity contribution in [2.75, 3.05) is 62.0 Å². The number of hydrogen-bond donors (Lipinski definition) is 1. The highest BCUT2D eigenvalue weighted by Gasteiger charge is 2.34. The molecule has 1 N–H and O–H groups in total. The van der Waals surface area contributed by atoms with Crippen LogP contribution in [-0.4, -0.2) is 135 Å². The van der Waals surface area contributed by atoms with Gasteiger partial charge < -0.3 is 43.0 Å². The zero-order valence-corrected chi connectivity index (χ0v) is 55.3. The van der Waals surface area contributed by atoms with Gasteiger partial charge >= 0.3 is 36.2 Å². The van der Waals surface area contributed by atoms with Crippen LogP contribution in [0, 0.1) is 0 Å². The Labute approximate surface area is 542 Å². The van der Waals surface area contributed by atoms with Crippen molar-refractivity contribution in [3.8, 4) is 34.3 Å². The van der Waals surface area contributed by atoms with Crippen LogP contribution >= 0.6 is 34.0 Å². The Bertz CT molecular complexity index is 4550. The lowest BCUT2D eigenvalue weighted by molar-refractivity contribution is 0.0510. The number of amides is 3. The van der Waals surface area contributed by atoms with Crippen LogP contribution in [0.1, 0.15) is 108 Å². The molecule has 0 radical (unpaired) electrons. The molecule has 0 saturated heterocycles. The maximum atomic E-state index is 15.0. The van der Waals surface area contributed by atoms with Gasteiger partial charge in [0, 0.05) is 39.3 Å². The molecule has 30 heteroatoms. The highest BCUT2D eigenvalue weighted by molar-refractivity contribution is 7.17. The van der Waals surface area contributed by atoms with Gasteiger partial charge in [0.25, 0.3) is 16.7 Å². The minimum Gasteiger partial charge on any atom is -0.497 e. The van der Waals surface area contributed by atoms with Crippen molar-refractivity contribution >= 4 is 118 Å². The van der Waals surface area contributed by atoms with Crippen molar-refractivity contribution in [3.63, 3.8) is 0 Å². The molecule has 6 heterocycles. The number of rotatable bonds is 19. The van der Waals surface area contributed by atoms with E-state index in [1.807, 2.05) is 0 Å². The van der Waals surface area contributed by atoms with Crippen LogP contribution < -0.4 is 45.6 Å². The van der Waals surface area contributed by atoms with Gasteiger partial charge in [0.05, 0.1) is 60.1 Å². The molecule has 3 aromatic carbocycles. The number of carbonyl (C=O) groups is 6. The van der Waals surface area contributed by atoms with Crippen molar-refractivity contribution in [1.29, 1.82) is 0 Å². The molecule has 0 saturated carbocycles. The third-order valence-electron chi connectivity index (χ3n) is 13.2. The summed E-state index contributed by atoms with van der Waals surface area (Å²) in [6.07, 6.45) is -2.54. The number of anilines is 3. The number of aromatic nitrogens is 6. The van der Waals surface area contributed by atoms with Gasteiger partial charge in [0.1, 0.15) is 55.7 Å². The third-order valence-corrected chi connectivity index (χ3v) is 16.2. The Hall–Kier alpha value is -10.2. The molecule has 93 heavy (non-hydrogen) atoms. The van der Waals surface area contributed by atoms with Crippen LogP contribution in [0.5, 0.6) is 17.2 Å². The van der Waals surface area contributed by atoms with Crippen LogP contribution in [0.2, 0.25) is 0 Å². The fourth-order valence-electron chi connectivity index (χ4n) is 9.13. The molecule has 0 atom stereocenters. The summed E-state index contributed by atoms with van der Waals surface area (Å²) in [7, 11) is 2.90. The average Bonchev–Trinajstić information content (AvgIpc) is 1.69.